The van der Waals surface area contributed by atoms with Crippen molar-refractivity contribution in [2.45, 2.75) is 58.4 Å². The van der Waals surface area contributed by atoms with Crippen LogP contribution in [0.3, 0.4) is 0 Å². The number of nitrogens with one attached hydrogen (secondary N) is 1. The predicted octanol–water partition coefficient (Wildman–Crippen LogP) is 3.62. The number of Topliss-reactive ketones (excluding diaryl/α,β-unsaturated/α-hetero) is 1. The molecule has 2 aliphatic heterocycles. The summed E-state index contributed by atoms with van der Waals surface area (Å²) in [5.41, 5.74) is 10.1. The van der Waals surface area contributed by atoms with Gasteiger partial charge in [-0.15, -0.1) is 0 Å². The molecule has 0 atom stereocenters. The lowest BCUT2D eigenvalue weighted by atomic mass is 9.73. The first-order valence-electron chi connectivity index (χ1n) is 10.6. The van der Waals surface area contributed by atoms with Crippen molar-refractivity contribution in [1.82, 2.24) is 0 Å². The molecule has 0 saturated carbocycles. The average Bonchev–Trinajstić information content (AvgIpc) is 2.67. The molecule has 1 fully saturated rings. The van der Waals surface area contributed by atoms with Gasteiger partial charge in [0.25, 0.3) is 5.91 Å². The minimum absolute atomic E-state index is 0.0259. The first kappa shape index (κ1) is 20.0. The molecule has 4 rings (SSSR count). The molecule has 1 aliphatic carbocycles. The molecular weight excluding hydrogens is 366 g/mol. The first-order valence-corrected chi connectivity index (χ1v) is 10.6. The Bertz CT molecular complexity index is 853. The van der Waals surface area contributed by atoms with Gasteiger partial charge in [0.15, 0.2) is 5.78 Å². The van der Waals surface area contributed by atoms with Crippen LogP contribution < -0.4 is 16.0 Å². The molecule has 0 unspecified atom stereocenters. The molecule has 29 heavy (non-hydrogen) atoms. The highest BCUT2D eigenvalue weighted by Gasteiger charge is 2.37. The summed E-state index contributed by atoms with van der Waals surface area (Å²) in [5, 5.41) is 3.52. The standard InChI is InChI=1S/C23H31N3O3/c1-23(2)13-20-18(21(27)14-23)4-3-9-26(20)16-5-6-17(22(24)28)19(12-16)25-15-7-10-29-11-8-15/h5-6,12,15,25H,3-4,7-11,13-14H2,1-2H3,(H2,24,28). The molecule has 0 aromatic heterocycles. The van der Waals surface area contributed by atoms with E-state index < -0.39 is 5.91 Å². The third kappa shape index (κ3) is 4.17. The van der Waals surface area contributed by atoms with Gasteiger partial charge in [-0.3, -0.25) is 9.59 Å². The van der Waals surface area contributed by atoms with Crippen LogP contribution in [0, 0.1) is 5.41 Å². The number of carbonyl (C=O) groups excluding carboxylic acids is 2. The molecule has 3 N–H and O–H groups in total. The molecule has 3 aliphatic rings. The summed E-state index contributed by atoms with van der Waals surface area (Å²) in [6.07, 6.45) is 5.16. The maximum atomic E-state index is 12.7. The topological polar surface area (TPSA) is 84.7 Å². The van der Waals surface area contributed by atoms with Crippen molar-refractivity contribution in [3.8, 4) is 0 Å². The monoisotopic (exact) mass is 397 g/mol. The van der Waals surface area contributed by atoms with Crippen molar-refractivity contribution in [3.63, 3.8) is 0 Å². The van der Waals surface area contributed by atoms with Crippen molar-refractivity contribution >= 4 is 23.1 Å². The van der Waals surface area contributed by atoms with E-state index in [-0.39, 0.29) is 17.2 Å². The number of amides is 1. The van der Waals surface area contributed by atoms with E-state index in [1.54, 1.807) is 0 Å². The Morgan fingerprint density at radius 3 is 2.72 bits per heavy atom. The number of ketones is 1. The van der Waals surface area contributed by atoms with E-state index in [2.05, 4.69) is 24.1 Å². The Labute approximate surface area is 172 Å². The fourth-order valence-electron chi connectivity index (χ4n) is 4.80. The van der Waals surface area contributed by atoms with Gasteiger partial charge in [-0.2, -0.15) is 0 Å². The molecule has 1 aromatic carbocycles. The van der Waals surface area contributed by atoms with Crippen LogP contribution in [-0.4, -0.2) is 37.5 Å². The maximum absolute atomic E-state index is 12.7. The van der Waals surface area contributed by atoms with Crippen LogP contribution >= 0.6 is 0 Å². The second-order valence-corrected chi connectivity index (χ2v) is 9.25. The number of allylic oxidation sites excluding steroid dienone is 2. The summed E-state index contributed by atoms with van der Waals surface area (Å²) in [7, 11) is 0. The molecule has 1 amide bonds. The lowest BCUT2D eigenvalue weighted by Crippen LogP contribution is -2.38. The molecule has 156 valence electrons. The molecule has 0 bridgehead atoms. The highest BCUT2D eigenvalue weighted by Crippen LogP contribution is 2.43. The Morgan fingerprint density at radius 1 is 1.24 bits per heavy atom. The van der Waals surface area contributed by atoms with E-state index >= 15 is 0 Å². The number of nitrogens with zero attached hydrogens (tertiary/aromatic N) is 1. The maximum Gasteiger partial charge on any atom is 0.250 e. The molecule has 0 spiro atoms. The number of rotatable bonds is 4. The van der Waals surface area contributed by atoms with Crippen molar-refractivity contribution in [2.75, 3.05) is 30.0 Å². The Balaban J connectivity index is 1.68. The normalized spacial score (nSPS) is 22.4. The third-order valence-electron chi connectivity index (χ3n) is 6.27. The quantitative estimate of drug-likeness (QED) is 0.811. The number of carbonyl (C=O) groups is 2. The van der Waals surface area contributed by atoms with Gasteiger partial charge < -0.3 is 20.7 Å². The molecule has 0 radical (unpaired) electrons. The van der Waals surface area contributed by atoms with Crippen molar-refractivity contribution in [1.29, 1.82) is 0 Å². The molecule has 2 heterocycles. The zero-order valence-electron chi connectivity index (χ0n) is 17.4. The van der Waals surface area contributed by atoms with Crippen LogP contribution in [-0.2, 0) is 9.53 Å². The Kier molecular flexibility index (Phi) is 5.38. The third-order valence-corrected chi connectivity index (χ3v) is 6.27. The largest absolute Gasteiger partial charge is 0.381 e. The summed E-state index contributed by atoms with van der Waals surface area (Å²) < 4.78 is 5.44. The summed E-state index contributed by atoms with van der Waals surface area (Å²) in [4.78, 5) is 27.0. The van der Waals surface area contributed by atoms with Crippen molar-refractivity contribution in [2.24, 2.45) is 11.1 Å². The van der Waals surface area contributed by atoms with Gasteiger partial charge >= 0.3 is 0 Å². The summed E-state index contributed by atoms with van der Waals surface area (Å²) >= 11 is 0. The minimum atomic E-state index is -0.432. The van der Waals surface area contributed by atoms with Crippen LogP contribution in [0.5, 0.6) is 0 Å². The van der Waals surface area contributed by atoms with E-state index in [9.17, 15) is 9.59 Å². The van der Waals surface area contributed by atoms with Gasteiger partial charge in [0, 0.05) is 54.9 Å². The predicted molar refractivity (Wildman–Crippen MR) is 114 cm³/mol. The van der Waals surface area contributed by atoms with Crippen molar-refractivity contribution < 1.29 is 14.3 Å². The van der Waals surface area contributed by atoms with E-state index in [1.807, 2.05) is 18.2 Å². The van der Waals surface area contributed by atoms with Gasteiger partial charge in [-0.05, 0) is 55.7 Å². The highest BCUT2D eigenvalue weighted by atomic mass is 16.5. The van der Waals surface area contributed by atoms with E-state index in [0.29, 0.717) is 12.0 Å². The lowest BCUT2D eigenvalue weighted by Gasteiger charge is -2.41. The highest BCUT2D eigenvalue weighted by molar-refractivity contribution is 6.00. The summed E-state index contributed by atoms with van der Waals surface area (Å²) in [5.74, 6) is -0.145. The number of benzene rings is 1. The average molecular weight is 398 g/mol. The molecule has 6 nitrogen and oxygen atoms in total. The molecular formula is C23H31N3O3. The number of primary amides is 1. The Hall–Kier alpha value is -2.34. The molecule has 6 heteroatoms. The number of ether oxygens (including phenoxy) is 1. The fraction of sp³-hybridized carbons (Fsp3) is 0.565. The van der Waals surface area contributed by atoms with Gasteiger partial charge in [-0.1, -0.05) is 13.8 Å². The zero-order chi connectivity index (χ0) is 20.6. The summed E-state index contributed by atoms with van der Waals surface area (Å²) in [6, 6.07) is 6.06. The van der Waals surface area contributed by atoms with Crippen LogP contribution in [0.15, 0.2) is 29.5 Å². The van der Waals surface area contributed by atoms with Gasteiger partial charge in [0.05, 0.1) is 5.56 Å². The zero-order valence-corrected chi connectivity index (χ0v) is 17.4. The Morgan fingerprint density at radius 2 is 2.00 bits per heavy atom. The van der Waals surface area contributed by atoms with E-state index in [0.717, 1.165) is 74.5 Å². The van der Waals surface area contributed by atoms with Crippen molar-refractivity contribution in [3.05, 3.63) is 35.0 Å². The number of hydrogen-bond acceptors (Lipinski definition) is 5. The lowest BCUT2D eigenvalue weighted by molar-refractivity contribution is -0.118. The van der Waals surface area contributed by atoms with E-state index in [4.69, 9.17) is 10.5 Å². The second kappa shape index (κ2) is 7.82. The fourth-order valence-corrected chi connectivity index (χ4v) is 4.80. The van der Waals surface area contributed by atoms with Crippen LogP contribution in [0.4, 0.5) is 11.4 Å². The molecule has 1 aromatic rings. The van der Waals surface area contributed by atoms with Gasteiger partial charge in [0.1, 0.15) is 0 Å². The van der Waals surface area contributed by atoms with E-state index in [1.165, 1.54) is 0 Å². The second-order valence-electron chi connectivity index (χ2n) is 9.25. The number of nitrogens with two attached hydrogens (primary N) is 1. The summed E-state index contributed by atoms with van der Waals surface area (Å²) in [6.45, 7) is 6.66. The number of anilines is 2. The van der Waals surface area contributed by atoms with Gasteiger partial charge in [-0.25, -0.2) is 0 Å². The van der Waals surface area contributed by atoms with Crippen LogP contribution in [0.2, 0.25) is 0 Å². The molecule has 1 saturated heterocycles. The van der Waals surface area contributed by atoms with Crippen LogP contribution in [0.1, 0.15) is 62.7 Å². The first-order chi connectivity index (χ1) is 13.8. The van der Waals surface area contributed by atoms with Gasteiger partial charge in [0.2, 0.25) is 0 Å². The minimum Gasteiger partial charge on any atom is -0.381 e. The van der Waals surface area contributed by atoms with Crippen LogP contribution in [0.25, 0.3) is 0 Å². The smallest absolute Gasteiger partial charge is 0.250 e. The number of hydrogen-bond donors (Lipinski definition) is 2. The SMILES string of the molecule is CC1(C)CC(=O)C2=C(C1)N(c1ccc(C(N)=O)c(NC3CCOCC3)c1)CCC2.